The highest BCUT2D eigenvalue weighted by atomic mass is 16.1. The number of carbonyl (C=O) groups excluding carboxylic acids is 1. The van der Waals surface area contributed by atoms with E-state index in [-0.39, 0.29) is 0 Å². The van der Waals surface area contributed by atoms with Crippen molar-refractivity contribution in [1.29, 1.82) is 0 Å². The van der Waals surface area contributed by atoms with Crippen LogP contribution in [-0.4, -0.2) is 17.3 Å². The second-order valence-electron chi connectivity index (χ2n) is 4.57. The molecule has 0 bridgehead atoms. The van der Waals surface area contributed by atoms with Crippen LogP contribution in [0.2, 0.25) is 0 Å². The smallest absolute Gasteiger partial charge is 0.116 e. The summed E-state index contributed by atoms with van der Waals surface area (Å²) in [4.78, 5) is 8.81. The van der Waals surface area contributed by atoms with E-state index in [1.54, 1.807) is 5.01 Å². The van der Waals surface area contributed by atoms with Crippen molar-refractivity contribution in [3.05, 3.63) is 11.9 Å². The minimum Gasteiger partial charge on any atom is -0.401 e. The maximum Gasteiger partial charge on any atom is 0.116 e. The molecule has 0 heterocycles. The van der Waals surface area contributed by atoms with Crippen molar-refractivity contribution in [2.75, 3.05) is 0 Å². The third kappa shape index (κ3) is 5.75. The minimum atomic E-state index is 0.345. The maximum atomic E-state index is 8.81. The van der Waals surface area contributed by atoms with Crippen LogP contribution in [0.3, 0.4) is 0 Å². The number of nitrogens with zero attached hydrogens (tertiary/aromatic N) is 1. The fourth-order valence-electron chi connectivity index (χ4n) is 1.16. The lowest BCUT2D eigenvalue weighted by atomic mass is 10.1. The zero-order chi connectivity index (χ0) is 12.7. The van der Waals surface area contributed by atoms with Gasteiger partial charge in [0.05, 0.1) is 0 Å². The average molecular weight is 227 g/mol. The zero-order valence-electron chi connectivity index (χ0n) is 10.8. The van der Waals surface area contributed by atoms with Gasteiger partial charge in [-0.05, 0) is 32.6 Å². The molecule has 0 amide bonds. The van der Waals surface area contributed by atoms with Crippen molar-refractivity contribution in [3.8, 4) is 0 Å². The lowest BCUT2D eigenvalue weighted by Gasteiger charge is -2.26. The summed E-state index contributed by atoms with van der Waals surface area (Å²) >= 11 is 0. The van der Waals surface area contributed by atoms with Gasteiger partial charge in [-0.3, -0.25) is 0 Å². The SMILES string of the molecule is CC(C)C(C)N(N)/C=C(\N)C1CC1.CC=O. The van der Waals surface area contributed by atoms with Gasteiger partial charge in [-0.2, -0.15) is 0 Å². The first kappa shape index (κ1) is 15.0. The highest BCUT2D eigenvalue weighted by Gasteiger charge is 2.24. The molecule has 0 radical (unpaired) electrons. The van der Waals surface area contributed by atoms with Crippen molar-refractivity contribution in [3.63, 3.8) is 0 Å². The summed E-state index contributed by atoms with van der Waals surface area (Å²) in [6.45, 7) is 7.87. The van der Waals surface area contributed by atoms with Gasteiger partial charge in [0, 0.05) is 23.9 Å². The zero-order valence-corrected chi connectivity index (χ0v) is 10.8. The number of hydrogen-bond donors (Lipinski definition) is 2. The molecule has 0 saturated heterocycles. The molecule has 4 N–H and O–H groups in total. The van der Waals surface area contributed by atoms with Crippen molar-refractivity contribution < 1.29 is 4.79 Å². The molecule has 1 unspecified atom stereocenters. The summed E-state index contributed by atoms with van der Waals surface area (Å²) in [5.41, 5.74) is 6.80. The number of hydrogen-bond acceptors (Lipinski definition) is 4. The number of hydrazine groups is 1. The largest absolute Gasteiger partial charge is 0.401 e. The predicted molar refractivity (Wildman–Crippen MR) is 67.1 cm³/mol. The Hall–Kier alpha value is -1.03. The standard InChI is InChI=1S/C10H21N3.C2H4O/c1-7(2)8(3)13(12)6-10(11)9-4-5-9;1-2-3/h6-9H,4-5,11-12H2,1-3H3;2H,1H3/b10-6-;. The van der Waals surface area contributed by atoms with Crippen molar-refractivity contribution >= 4 is 6.29 Å². The Morgan fingerprint density at radius 3 is 2.12 bits per heavy atom. The molecule has 4 heteroatoms. The van der Waals surface area contributed by atoms with Gasteiger partial charge in [0.2, 0.25) is 0 Å². The van der Waals surface area contributed by atoms with Crippen molar-refractivity contribution in [1.82, 2.24) is 5.01 Å². The Labute approximate surface area is 98.6 Å². The molecule has 0 aromatic heterocycles. The third-order valence-corrected chi connectivity index (χ3v) is 2.78. The number of carbonyl (C=O) groups is 1. The van der Waals surface area contributed by atoms with Crippen LogP contribution in [0.25, 0.3) is 0 Å². The number of rotatable bonds is 4. The van der Waals surface area contributed by atoms with E-state index in [0.717, 1.165) is 12.0 Å². The molecule has 1 rings (SSSR count). The molecule has 1 aliphatic rings. The Kier molecular flexibility index (Phi) is 6.81. The monoisotopic (exact) mass is 227 g/mol. The van der Waals surface area contributed by atoms with E-state index >= 15 is 0 Å². The van der Waals surface area contributed by atoms with Gasteiger partial charge in [0.25, 0.3) is 0 Å². The van der Waals surface area contributed by atoms with Gasteiger partial charge in [-0.25, -0.2) is 5.84 Å². The quantitative estimate of drug-likeness (QED) is 0.435. The molecule has 1 saturated carbocycles. The lowest BCUT2D eigenvalue weighted by Crippen LogP contribution is -2.38. The molecule has 0 aromatic rings. The Morgan fingerprint density at radius 1 is 1.38 bits per heavy atom. The Morgan fingerprint density at radius 2 is 1.81 bits per heavy atom. The van der Waals surface area contributed by atoms with E-state index < -0.39 is 0 Å². The summed E-state index contributed by atoms with van der Waals surface area (Å²) in [5.74, 6) is 7.01. The molecule has 4 nitrogen and oxygen atoms in total. The average Bonchev–Trinajstić information content (AvgIpc) is 3.00. The molecule has 1 fully saturated rings. The van der Waals surface area contributed by atoms with Gasteiger partial charge in [-0.15, -0.1) is 0 Å². The predicted octanol–water partition coefficient (Wildman–Crippen LogP) is 1.62. The Bertz CT molecular complexity index is 234. The van der Waals surface area contributed by atoms with E-state index in [2.05, 4.69) is 20.8 Å². The van der Waals surface area contributed by atoms with E-state index in [1.165, 1.54) is 19.8 Å². The fourth-order valence-corrected chi connectivity index (χ4v) is 1.16. The molecule has 0 spiro atoms. The first-order valence-electron chi connectivity index (χ1n) is 5.84. The van der Waals surface area contributed by atoms with Gasteiger partial charge in [-0.1, -0.05) is 13.8 Å². The van der Waals surface area contributed by atoms with E-state index in [0.29, 0.717) is 17.9 Å². The van der Waals surface area contributed by atoms with Crippen molar-refractivity contribution in [2.24, 2.45) is 23.4 Å². The molecule has 1 atom stereocenters. The summed E-state index contributed by atoms with van der Waals surface area (Å²) in [6, 6.07) is 0.345. The second-order valence-corrected chi connectivity index (χ2v) is 4.57. The van der Waals surface area contributed by atoms with Gasteiger partial charge in [0.1, 0.15) is 6.29 Å². The van der Waals surface area contributed by atoms with Crippen LogP contribution in [0.1, 0.15) is 40.5 Å². The van der Waals surface area contributed by atoms with Gasteiger partial charge < -0.3 is 15.5 Å². The summed E-state index contributed by atoms with van der Waals surface area (Å²) < 4.78 is 0. The van der Waals surface area contributed by atoms with Crippen LogP contribution in [-0.2, 0) is 4.79 Å². The first-order valence-corrected chi connectivity index (χ1v) is 5.84. The normalized spacial score (nSPS) is 17.5. The van der Waals surface area contributed by atoms with Crippen molar-refractivity contribution in [2.45, 2.75) is 46.6 Å². The van der Waals surface area contributed by atoms with Crippen LogP contribution in [0.5, 0.6) is 0 Å². The van der Waals surface area contributed by atoms with Crippen LogP contribution < -0.4 is 11.6 Å². The number of allylic oxidation sites excluding steroid dienone is 1. The highest BCUT2D eigenvalue weighted by molar-refractivity contribution is 5.44. The number of aldehydes is 1. The van der Waals surface area contributed by atoms with Crippen LogP contribution in [0.4, 0.5) is 0 Å². The maximum absolute atomic E-state index is 8.81. The van der Waals surface area contributed by atoms with Gasteiger partial charge >= 0.3 is 0 Å². The van der Waals surface area contributed by atoms with Crippen LogP contribution >= 0.6 is 0 Å². The molecule has 0 aliphatic heterocycles. The van der Waals surface area contributed by atoms with Crippen LogP contribution in [0.15, 0.2) is 11.9 Å². The third-order valence-electron chi connectivity index (χ3n) is 2.78. The molecular formula is C12H25N3O. The topological polar surface area (TPSA) is 72.3 Å². The fraction of sp³-hybridized carbons (Fsp3) is 0.750. The van der Waals surface area contributed by atoms with E-state index in [9.17, 15) is 0 Å². The second kappa shape index (κ2) is 7.28. The van der Waals surface area contributed by atoms with Crippen LogP contribution in [0, 0.1) is 11.8 Å². The van der Waals surface area contributed by atoms with E-state index in [1.807, 2.05) is 6.20 Å². The molecule has 0 aromatic carbocycles. The first-order chi connectivity index (χ1) is 7.43. The summed E-state index contributed by atoms with van der Waals surface area (Å²) in [5, 5.41) is 1.73. The molecular weight excluding hydrogens is 202 g/mol. The molecule has 94 valence electrons. The molecule has 1 aliphatic carbocycles. The minimum absolute atomic E-state index is 0.345. The van der Waals surface area contributed by atoms with Gasteiger partial charge in [0.15, 0.2) is 0 Å². The van der Waals surface area contributed by atoms with E-state index in [4.69, 9.17) is 16.4 Å². The lowest BCUT2D eigenvalue weighted by molar-refractivity contribution is -0.106. The highest BCUT2D eigenvalue weighted by Crippen LogP contribution is 2.33. The number of nitrogens with two attached hydrogens (primary N) is 2. The Balaban J connectivity index is 0.000000673. The molecule has 16 heavy (non-hydrogen) atoms. The summed E-state index contributed by atoms with van der Waals surface area (Å²) in [7, 11) is 0. The summed E-state index contributed by atoms with van der Waals surface area (Å²) in [6.07, 6.45) is 5.10.